The second-order valence-electron chi connectivity index (χ2n) is 4.66. The van der Waals surface area contributed by atoms with Crippen LogP contribution in [0.2, 0.25) is 5.02 Å². The number of benzene rings is 2. The van der Waals surface area contributed by atoms with Crippen LogP contribution < -0.4 is 11.1 Å². The van der Waals surface area contributed by atoms with Crippen molar-refractivity contribution in [2.75, 3.05) is 12.3 Å². The van der Waals surface area contributed by atoms with Crippen LogP contribution in [-0.4, -0.2) is 12.5 Å². The number of nitrogens with one attached hydrogen (secondary N) is 1. The molecule has 0 saturated carbocycles. The summed E-state index contributed by atoms with van der Waals surface area (Å²) in [7, 11) is 0. The second-order valence-corrected chi connectivity index (χ2v) is 5.09. The van der Waals surface area contributed by atoms with Gasteiger partial charge >= 0.3 is 0 Å². The molecule has 0 spiro atoms. The summed E-state index contributed by atoms with van der Waals surface area (Å²) in [6.45, 7) is 2.41. The molecule has 0 aliphatic carbocycles. The number of nitrogens with two attached hydrogens (primary N) is 1. The topological polar surface area (TPSA) is 55.1 Å². The van der Waals surface area contributed by atoms with Gasteiger partial charge in [-0.3, -0.25) is 4.79 Å². The first-order valence-corrected chi connectivity index (χ1v) is 6.83. The SMILES string of the molecule is Cc1c(N)cccc1C(=O)NCCc1cccc(Cl)c1. The van der Waals surface area contributed by atoms with E-state index >= 15 is 0 Å². The molecule has 20 heavy (non-hydrogen) atoms. The number of carbonyl (C=O) groups is 1. The molecule has 3 N–H and O–H groups in total. The summed E-state index contributed by atoms with van der Waals surface area (Å²) in [4.78, 5) is 12.1. The van der Waals surface area contributed by atoms with E-state index in [1.807, 2.05) is 31.2 Å². The minimum Gasteiger partial charge on any atom is -0.398 e. The lowest BCUT2D eigenvalue weighted by molar-refractivity contribution is 0.0953. The molecule has 0 bridgehead atoms. The number of nitrogen functional groups attached to an aromatic ring is 1. The van der Waals surface area contributed by atoms with Gasteiger partial charge in [0.15, 0.2) is 0 Å². The van der Waals surface area contributed by atoms with Gasteiger partial charge in [0.25, 0.3) is 5.91 Å². The van der Waals surface area contributed by atoms with Gasteiger partial charge in [0.05, 0.1) is 0 Å². The molecular formula is C16H17ClN2O. The number of hydrogen-bond donors (Lipinski definition) is 2. The van der Waals surface area contributed by atoms with Crippen LogP contribution in [0.5, 0.6) is 0 Å². The summed E-state index contributed by atoms with van der Waals surface area (Å²) in [5, 5.41) is 3.61. The summed E-state index contributed by atoms with van der Waals surface area (Å²) in [6, 6.07) is 13.0. The van der Waals surface area contributed by atoms with Crippen LogP contribution in [0.3, 0.4) is 0 Å². The monoisotopic (exact) mass is 288 g/mol. The van der Waals surface area contributed by atoms with E-state index in [1.165, 1.54) is 0 Å². The van der Waals surface area contributed by atoms with E-state index in [0.29, 0.717) is 22.8 Å². The third-order valence-electron chi connectivity index (χ3n) is 3.21. The maximum absolute atomic E-state index is 12.1. The van der Waals surface area contributed by atoms with Gasteiger partial charge in [-0.05, 0) is 48.7 Å². The van der Waals surface area contributed by atoms with Gasteiger partial charge in [-0.2, -0.15) is 0 Å². The Morgan fingerprint density at radius 2 is 2.00 bits per heavy atom. The van der Waals surface area contributed by atoms with Gasteiger partial charge in [-0.15, -0.1) is 0 Å². The first kappa shape index (κ1) is 14.4. The van der Waals surface area contributed by atoms with Crippen LogP contribution in [0.1, 0.15) is 21.5 Å². The zero-order valence-electron chi connectivity index (χ0n) is 11.3. The summed E-state index contributed by atoms with van der Waals surface area (Å²) in [6.07, 6.45) is 0.744. The Morgan fingerprint density at radius 3 is 2.75 bits per heavy atom. The summed E-state index contributed by atoms with van der Waals surface area (Å²) in [5.74, 6) is -0.100. The number of carbonyl (C=O) groups excluding carboxylic acids is 1. The first-order chi connectivity index (χ1) is 9.58. The molecule has 104 valence electrons. The Hall–Kier alpha value is -2.00. The second kappa shape index (κ2) is 6.44. The quantitative estimate of drug-likeness (QED) is 0.849. The Balaban J connectivity index is 1.94. The highest BCUT2D eigenvalue weighted by atomic mass is 35.5. The van der Waals surface area contributed by atoms with Crippen LogP contribution in [-0.2, 0) is 6.42 Å². The van der Waals surface area contributed by atoms with Crippen molar-refractivity contribution in [3.63, 3.8) is 0 Å². The average molecular weight is 289 g/mol. The van der Waals surface area contributed by atoms with Crippen LogP contribution in [0.15, 0.2) is 42.5 Å². The highest BCUT2D eigenvalue weighted by molar-refractivity contribution is 6.30. The predicted molar refractivity (Wildman–Crippen MR) is 83.1 cm³/mol. The van der Waals surface area contributed by atoms with Crippen LogP contribution in [0, 0.1) is 6.92 Å². The molecule has 0 fully saturated rings. The van der Waals surface area contributed by atoms with Crippen LogP contribution in [0.4, 0.5) is 5.69 Å². The van der Waals surface area contributed by atoms with Crippen molar-refractivity contribution < 1.29 is 4.79 Å². The van der Waals surface area contributed by atoms with Gasteiger partial charge < -0.3 is 11.1 Å². The maximum Gasteiger partial charge on any atom is 0.251 e. The zero-order valence-corrected chi connectivity index (χ0v) is 12.1. The van der Waals surface area contributed by atoms with E-state index in [0.717, 1.165) is 17.5 Å². The van der Waals surface area contributed by atoms with Crippen molar-refractivity contribution in [2.45, 2.75) is 13.3 Å². The molecule has 1 amide bonds. The van der Waals surface area contributed by atoms with Crippen molar-refractivity contribution in [2.24, 2.45) is 0 Å². The van der Waals surface area contributed by atoms with Crippen molar-refractivity contribution in [1.29, 1.82) is 0 Å². The smallest absolute Gasteiger partial charge is 0.251 e. The molecule has 3 nitrogen and oxygen atoms in total. The molecule has 0 radical (unpaired) electrons. The molecule has 0 heterocycles. The van der Waals surface area contributed by atoms with Gasteiger partial charge in [0.2, 0.25) is 0 Å². The van der Waals surface area contributed by atoms with Gasteiger partial charge in [-0.25, -0.2) is 0 Å². The fourth-order valence-corrected chi connectivity index (χ4v) is 2.22. The average Bonchev–Trinajstić information content (AvgIpc) is 2.42. The number of rotatable bonds is 4. The Bertz CT molecular complexity index is 626. The van der Waals surface area contributed by atoms with Crippen molar-refractivity contribution in [3.05, 3.63) is 64.2 Å². The van der Waals surface area contributed by atoms with Crippen molar-refractivity contribution in [3.8, 4) is 0 Å². The van der Waals surface area contributed by atoms with Gasteiger partial charge in [-0.1, -0.05) is 29.8 Å². The molecular weight excluding hydrogens is 272 g/mol. The summed E-state index contributed by atoms with van der Waals surface area (Å²) in [5.41, 5.74) is 8.97. The fourth-order valence-electron chi connectivity index (χ4n) is 2.01. The van der Waals surface area contributed by atoms with Gasteiger partial charge in [0.1, 0.15) is 0 Å². The Labute approximate surface area is 123 Å². The Kier molecular flexibility index (Phi) is 4.64. The summed E-state index contributed by atoms with van der Waals surface area (Å²) < 4.78 is 0. The van der Waals surface area contributed by atoms with Gasteiger partial charge in [0, 0.05) is 22.8 Å². The van der Waals surface area contributed by atoms with E-state index < -0.39 is 0 Å². The molecule has 4 heteroatoms. The van der Waals surface area contributed by atoms with E-state index in [9.17, 15) is 4.79 Å². The highest BCUT2D eigenvalue weighted by Crippen LogP contribution is 2.15. The van der Waals surface area contributed by atoms with Crippen LogP contribution in [0.25, 0.3) is 0 Å². The summed E-state index contributed by atoms with van der Waals surface area (Å²) >= 11 is 5.92. The lowest BCUT2D eigenvalue weighted by atomic mass is 10.1. The van der Waals surface area contributed by atoms with Crippen molar-refractivity contribution >= 4 is 23.2 Å². The lowest BCUT2D eigenvalue weighted by Gasteiger charge is -2.09. The molecule has 0 saturated heterocycles. The number of hydrogen-bond acceptors (Lipinski definition) is 2. The normalized spacial score (nSPS) is 10.3. The van der Waals surface area contributed by atoms with E-state index in [4.69, 9.17) is 17.3 Å². The molecule has 2 rings (SSSR count). The molecule has 0 atom stereocenters. The predicted octanol–water partition coefficient (Wildman–Crippen LogP) is 3.20. The fraction of sp³-hybridized carbons (Fsp3) is 0.188. The molecule has 0 aliphatic rings. The molecule has 2 aromatic carbocycles. The largest absolute Gasteiger partial charge is 0.398 e. The number of amides is 1. The molecule has 2 aromatic rings. The lowest BCUT2D eigenvalue weighted by Crippen LogP contribution is -2.26. The van der Waals surface area contributed by atoms with E-state index in [2.05, 4.69) is 5.32 Å². The maximum atomic E-state index is 12.1. The highest BCUT2D eigenvalue weighted by Gasteiger charge is 2.09. The van der Waals surface area contributed by atoms with E-state index in [-0.39, 0.29) is 5.91 Å². The minimum absolute atomic E-state index is 0.100. The van der Waals surface area contributed by atoms with E-state index in [1.54, 1.807) is 18.2 Å². The molecule has 0 aromatic heterocycles. The third-order valence-corrected chi connectivity index (χ3v) is 3.44. The Morgan fingerprint density at radius 1 is 1.25 bits per heavy atom. The minimum atomic E-state index is -0.100. The third kappa shape index (κ3) is 3.52. The number of halogens is 1. The zero-order chi connectivity index (χ0) is 14.5. The van der Waals surface area contributed by atoms with Crippen LogP contribution >= 0.6 is 11.6 Å². The standard InChI is InChI=1S/C16H17ClN2O/c1-11-14(6-3-7-15(11)18)16(20)19-9-8-12-4-2-5-13(17)10-12/h2-7,10H,8-9,18H2,1H3,(H,19,20). The first-order valence-electron chi connectivity index (χ1n) is 6.45. The molecule has 0 aliphatic heterocycles. The molecule has 0 unspecified atom stereocenters. The van der Waals surface area contributed by atoms with Crippen molar-refractivity contribution in [1.82, 2.24) is 5.32 Å². The number of anilines is 1.